The monoisotopic (exact) mass is 342 g/mol. The van der Waals surface area contributed by atoms with Crippen molar-refractivity contribution < 1.29 is 18.4 Å². The Balaban J connectivity index is 1.88. The maximum atomic E-state index is 13.6. The molecule has 0 unspecified atom stereocenters. The summed E-state index contributed by atoms with van der Waals surface area (Å²) in [6, 6.07) is 7.40. The van der Waals surface area contributed by atoms with Gasteiger partial charge in [-0.2, -0.15) is 0 Å². The number of imide groups is 1. The quantitative estimate of drug-likeness (QED) is 0.864. The number of amides is 2. The smallest absolute Gasteiger partial charge is 0.281 e. The van der Waals surface area contributed by atoms with E-state index in [1.165, 1.54) is 6.92 Å². The van der Waals surface area contributed by atoms with E-state index in [9.17, 15) is 18.4 Å². The van der Waals surface area contributed by atoms with Crippen molar-refractivity contribution in [2.75, 3.05) is 10.2 Å². The lowest BCUT2D eigenvalue weighted by molar-refractivity contribution is -0.120. The van der Waals surface area contributed by atoms with Gasteiger partial charge >= 0.3 is 0 Å². The van der Waals surface area contributed by atoms with Gasteiger partial charge in [0.25, 0.3) is 11.8 Å². The molecule has 6 heteroatoms. The summed E-state index contributed by atoms with van der Waals surface area (Å²) in [6.07, 6.45) is 1.12. The fourth-order valence-electron chi connectivity index (χ4n) is 2.54. The lowest BCUT2D eigenvalue weighted by Gasteiger charge is -2.16. The summed E-state index contributed by atoms with van der Waals surface area (Å²) < 4.78 is 27.3. The second-order valence-electron chi connectivity index (χ2n) is 6.00. The summed E-state index contributed by atoms with van der Waals surface area (Å²) in [7, 11) is 0. The number of hydrogen-bond donors (Lipinski definition) is 1. The Morgan fingerprint density at radius 1 is 0.920 bits per heavy atom. The fraction of sp³-hybridized carbons (Fsp3) is 0.158. The Hall–Kier alpha value is -3.02. The summed E-state index contributed by atoms with van der Waals surface area (Å²) in [5.41, 5.74) is 2.36. The third kappa shape index (κ3) is 3.03. The maximum Gasteiger partial charge on any atom is 0.281 e. The molecular weight excluding hydrogens is 326 g/mol. The number of carbonyl (C=O) groups is 2. The first-order valence-corrected chi connectivity index (χ1v) is 7.68. The molecule has 2 aromatic carbocycles. The van der Waals surface area contributed by atoms with Gasteiger partial charge in [0.2, 0.25) is 0 Å². The van der Waals surface area contributed by atoms with Crippen LogP contribution in [0.1, 0.15) is 16.7 Å². The van der Waals surface area contributed by atoms with Crippen LogP contribution in [0.4, 0.5) is 20.2 Å². The minimum Gasteiger partial charge on any atom is -0.351 e. The Morgan fingerprint density at radius 2 is 1.56 bits per heavy atom. The molecule has 3 rings (SSSR count). The summed E-state index contributed by atoms with van der Waals surface area (Å²) in [5.74, 6) is -2.55. The molecule has 0 radical (unpaired) electrons. The van der Waals surface area contributed by atoms with Gasteiger partial charge in [-0.05, 0) is 56.2 Å². The van der Waals surface area contributed by atoms with Gasteiger partial charge < -0.3 is 5.32 Å². The molecule has 0 aromatic heterocycles. The lowest BCUT2D eigenvalue weighted by Crippen LogP contribution is -2.32. The molecule has 25 heavy (non-hydrogen) atoms. The Labute approximate surface area is 143 Å². The molecule has 4 nitrogen and oxygen atoms in total. The fourth-order valence-corrected chi connectivity index (χ4v) is 2.54. The van der Waals surface area contributed by atoms with Crippen LogP contribution in [0, 0.1) is 32.4 Å². The molecule has 0 bridgehead atoms. The number of benzene rings is 2. The van der Waals surface area contributed by atoms with Crippen LogP contribution in [0.3, 0.4) is 0 Å². The van der Waals surface area contributed by atoms with Crippen molar-refractivity contribution in [3.63, 3.8) is 0 Å². The van der Waals surface area contributed by atoms with Gasteiger partial charge in [0.05, 0.1) is 5.69 Å². The molecule has 1 aliphatic heterocycles. The minimum atomic E-state index is -0.731. The van der Waals surface area contributed by atoms with E-state index in [4.69, 9.17) is 0 Å². The number of rotatable bonds is 3. The van der Waals surface area contributed by atoms with Crippen LogP contribution in [-0.2, 0) is 9.59 Å². The third-order valence-electron chi connectivity index (χ3n) is 4.23. The molecule has 1 N–H and O–H groups in total. The van der Waals surface area contributed by atoms with Gasteiger partial charge in [0, 0.05) is 17.3 Å². The highest BCUT2D eigenvalue weighted by atomic mass is 19.1. The van der Waals surface area contributed by atoms with Crippen molar-refractivity contribution in [3.05, 3.63) is 70.4 Å². The van der Waals surface area contributed by atoms with Crippen molar-refractivity contribution in [1.29, 1.82) is 0 Å². The highest BCUT2D eigenvalue weighted by Crippen LogP contribution is 2.26. The number of nitrogens with zero attached hydrogens (tertiary/aromatic N) is 1. The summed E-state index contributed by atoms with van der Waals surface area (Å²) in [4.78, 5) is 25.8. The third-order valence-corrected chi connectivity index (χ3v) is 4.23. The second kappa shape index (κ2) is 6.12. The van der Waals surface area contributed by atoms with Gasteiger partial charge in [-0.15, -0.1) is 0 Å². The van der Waals surface area contributed by atoms with Crippen molar-refractivity contribution in [2.45, 2.75) is 20.8 Å². The Bertz CT molecular complexity index is 912. The van der Waals surface area contributed by atoms with Crippen LogP contribution in [0.5, 0.6) is 0 Å². The summed E-state index contributed by atoms with van der Waals surface area (Å²) in [6.45, 7) is 5.13. The Kier molecular flexibility index (Phi) is 4.12. The first kappa shape index (κ1) is 16.8. The zero-order valence-corrected chi connectivity index (χ0v) is 14.0. The number of halogens is 2. The average Bonchev–Trinajstić information content (AvgIpc) is 2.82. The zero-order valence-electron chi connectivity index (χ0n) is 14.0. The van der Waals surface area contributed by atoms with E-state index in [2.05, 4.69) is 5.32 Å². The highest BCUT2D eigenvalue weighted by Gasteiger charge is 2.32. The van der Waals surface area contributed by atoms with E-state index in [-0.39, 0.29) is 16.9 Å². The molecule has 1 aliphatic rings. The van der Waals surface area contributed by atoms with Crippen molar-refractivity contribution >= 4 is 23.2 Å². The van der Waals surface area contributed by atoms with Crippen LogP contribution in [0.25, 0.3) is 0 Å². The van der Waals surface area contributed by atoms with Crippen molar-refractivity contribution in [2.24, 2.45) is 0 Å². The van der Waals surface area contributed by atoms with Gasteiger partial charge in [-0.1, -0.05) is 6.07 Å². The highest BCUT2D eigenvalue weighted by molar-refractivity contribution is 6.31. The van der Waals surface area contributed by atoms with E-state index >= 15 is 0 Å². The lowest BCUT2D eigenvalue weighted by atomic mass is 10.1. The standard InChI is InChI=1S/C19H16F2N2O2/c1-10-4-5-14(6-11(10)2)23-18(24)9-17(19(23)25)22-13-7-15(20)12(3)16(21)8-13/h4-9,22H,1-3H3. The van der Waals surface area contributed by atoms with Gasteiger partial charge in [0.1, 0.15) is 17.3 Å². The summed E-state index contributed by atoms with van der Waals surface area (Å²) >= 11 is 0. The van der Waals surface area contributed by atoms with E-state index in [0.717, 1.165) is 34.2 Å². The molecule has 1 heterocycles. The van der Waals surface area contributed by atoms with E-state index in [1.807, 2.05) is 19.9 Å². The van der Waals surface area contributed by atoms with Gasteiger partial charge in [0.15, 0.2) is 0 Å². The first-order chi connectivity index (χ1) is 11.8. The second-order valence-corrected chi connectivity index (χ2v) is 6.00. The number of aryl methyl sites for hydroxylation is 2. The van der Waals surface area contributed by atoms with Crippen LogP contribution >= 0.6 is 0 Å². The predicted molar refractivity (Wildman–Crippen MR) is 91.2 cm³/mol. The molecule has 0 spiro atoms. The molecule has 0 atom stereocenters. The van der Waals surface area contributed by atoms with Crippen LogP contribution in [0.2, 0.25) is 0 Å². The number of carbonyl (C=O) groups excluding carboxylic acids is 2. The number of anilines is 2. The van der Waals surface area contributed by atoms with E-state index in [1.54, 1.807) is 12.1 Å². The van der Waals surface area contributed by atoms with Crippen molar-refractivity contribution in [3.8, 4) is 0 Å². The topological polar surface area (TPSA) is 49.4 Å². The van der Waals surface area contributed by atoms with Crippen LogP contribution in [0.15, 0.2) is 42.1 Å². The van der Waals surface area contributed by atoms with Crippen LogP contribution < -0.4 is 10.2 Å². The average molecular weight is 342 g/mol. The SMILES string of the molecule is Cc1ccc(N2C(=O)C=C(Nc3cc(F)c(C)c(F)c3)C2=O)cc1C. The largest absolute Gasteiger partial charge is 0.351 e. The van der Waals surface area contributed by atoms with E-state index < -0.39 is 23.4 Å². The minimum absolute atomic E-state index is 0.0362. The first-order valence-electron chi connectivity index (χ1n) is 7.68. The van der Waals surface area contributed by atoms with Crippen LogP contribution in [-0.4, -0.2) is 11.8 Å². The normalized spacial score (nSPS) is 14.1. The number of nitrogens with one attached hydrogen (secondary N) is 1. The van der Waals surface area contributed by atoms with Gasteiger partial charge in [-0.25, -0.2) is 13.7 Å². The zero-order chi connectivity index (χ0) is 18.3. The molecule has 128 valence electrons. The predicted octanol–water partition coefficient (Wildman–Crippen LogP) is 3.76. The molecule has 0 saturated heterocycles. The molecule has 0 fully saturated rings. The Morgan fingerprint density at radius 3 is 2.16 bits per heavy atom. The molecule has 0 aliphatic carbocycles. The molecule has 2 aromatic rings. The van der Waals surface area contributed by atoms with Gasteiger partial charge in [-0.3, -0.25) is 9.59 Å². The number of hydrogen-bond acceptors (Lipinski definition) is 3. The van der Waals surface area contributed by atoms with E-state index in [0.29, 0.717) is 5.69 Å². The molecule has 0 saturated carbocycles. The van der Waals surface area contributed by atoms with Crippen molar-refractivity contribution in [1.82, 2.24) is 0 Å². The molecule has 2 amide bonds. The summed E-state index contributed by atoms with van der Waals surface area (Å²) in [5, 5.41) is 2.62. The molecular formula is C19H16F2N2O2. The maximum absolute atomic E-state index is 13.6.